The minimum Gasteiger partial charge on any atom is -0.352 e. The van der Waals surface area contributed by atoms with Crippen LogP contribution < -0.4 is 9.62 Å². The highest BCUT2D eigenvalue weighted by atomic mass is 32.2. The molecule has 1 N–H and O–H groups in total. The number of nitrogens with one attached hydrogen (secondary N) is 1. The average molecular weight is 554 g/mol. The first kappa shape index (κ1) is 29.8. The quantitative estimate of drug-likeness (QED) is 0.340. The van der Waals surface area contributed by atoms with E-state index in [1.807, 2.05) is 58.0 Å². The third-order valence-electron chi connectivity index (χ3n) is 6.59. The van der Waals surface area contributed by atoms with Gasteiger partial charge < -0.3 is 10.2 Å². The first-order valence-electron chi connectivity index (χ1n) is 13.1. The SMILES string of the molecule is CC[C@H](C)NC(=O)[C@H](CC)N(Cc1ccccc1)C(=O)CN(c1ccc(C)cc1)S(=O)(=O)c1ccc(F)cc1. The highest BCUT2D eigenvalue weighted by Gasteiger charge is 2.34. The second-order valence-corrected chi connectivity index (χ2v) is 11.4. The van der Waals surface area contributed by atoms with E-state index >= 15 is 0 Å². The maximum absolute atomic E-state index is 14.0. The molecule has 0 aliphatic heterocycles. The zero-order chi connectivity index (χ0) is 28.6. The number of benzene rings is 3. The minimum absolute atomic E-state index is 0.0804. The molecule has 3 aromatic carbocycles. The molecule has 0 unspecified atom stereocenters. The Balaban J connectivity index is 2.04. The molecule has 0 heterocycles. The average Bonchev–Trinajstić information content (AvgIpc) is 2.92. The van der Waals surface area contributed by atoms with Gasteiger partial charge in [0.2, 0.25) is 11.8 Å². The maximum Gasteiger partial charge on any atom is 0.264 e. The molecule has 0 spiro atoms. The van der Waals surface area contributed by atoms with Crippen molar-refractivity contribution in [3.8, 4) is 0 Å². The molecular weight excluding hydrogens is 517 g/mol. The van der Waals surface area contributed by atoms with Gasteiger partial charge in [0, 0.05) is 12.6 Å². The van der Waals surface area contributed by atoms with Crippen LogP contribution in [0.3, 0.4) is 0 Å². The summed E-state index contributed by atoms with van der Waals surface area (Å²) in [5.74, 6) is -1.39. The van der Waals surface area contributed by atoms with E-state index in [1.54, 1.807) is 24.3 Å². The van der Waals surface area contributed by atoms with Gasteiger partial charge in [-0.25, -0.2) is 12.8 Å². The van der Waals surface area contributed by atoms with Crippen LogP contribution in [0.5, 0.6) is 0 Å². The van der Waals surface area contributed by atoms with E-state index in [-0.39, 0.29) is 29.1 Å². The van der Waals surface area contributed by atoms with Gasteiger partial charge in [0.1, 0.15) is 18.4 Å². The van der Waals surface area contributed by atoms with Crippen molar-refractivity contribution >= 4 is 27.5 Å². The largest absolute Gasteiger partial charge is 0.352 e. The molecule has 0 saturated carbocycles. The Bertz CT molecular complexity index is 1350. The summed E-state index contributed by atoms with van der Waals surface area (Å²) in [6, 6.07) is 19.6. The van der Waals surface area contributed by atoms with Crippen LogP contribution in [0.4, 0.5) is 10.1 Å². The van der Waals surface area contributed by atoms with Gasteiger partial charge in [0.25, 0.3) is 10.0 Å². The van der Waals surface area contributed by atoms with Crippen LogP contribution in [0.15, 0.2) is 83.8 Å². The molecule has 2 atom stereocenters. The van der Waals surface area contributed by atoms with Crippen LogP contribution in [-0.4, -0.2) is 43.8 Å². The van der Waals surface area contributed by atoms with Crippen molar-refractivity contribution in [3.05, 3.63) is 95.8 Å². The summed E-state index contributed by atoms with van der Waals surface area (Å²) in [6.45, 7) is 7.13. The fraction of sp³-hybridized carbons (Fsp3) is 0.333. The first-order valence-corrected chi connectivity index (χ1v) is 14.5. The summed E-state index contributed by atoms with van der Waals surface area (Å²) in [5.41, 5.74) is 2.02. The van der Waals surface area contributed by atoms with Crippen molar-refractivity contribution < 1.29 is 22.4 Å². The van der Waals surface area contributed by atoms with Crippen molar-refractivity contribution in [1.82, 2.24) is 10.2 Å². The fourth-order valence-electron chi connectivity index (χ4n) is 4.11. The van der Waals surface area contributed by atoms with Crippen molar-refractivity contribution in [3.63, 3.8) is 0 Å². The molecule has 0 radical (unpaired) electrons. The van der Waals surface area contributed by atoms with Gasteiger partial charge in [0.15, 0.2) is 0 Å². The van der Waals surface area contributed by atoms with E-state index < -0.39 is 34.3 Å². The monoisotopic (exact) mass is 553 g/mol. The number of rotatable bonds is 12. The smallest absolute Gasteiger partial charge is 0.264 e. The molecule has 0 aliphatic rings. The second kappa shape index (κ2) is 13.4. The lowest BCUT2D eigenvalue weighted by Crippen LogP contribution is -2.53. The third kappa shape index (κ3) is 7.66. The lowest BCUT2D eigenvalue weighted by atomic mass is 10.1. The molecule has 0 saturated heterocycles. The molecule has 7 nitrogen and oxygen atoms in total. The molecule has 3 rings (SSSR count). The maximum atomic E-state index is 14.0. The van der Waals surface area contributed by atoms with E-state index in [0.29, 0.717) is 6.42 Å². The standard InChI is InChI=1S/C30H36FN3O4S/c1-5-23(4)32-30(36)28(6-2)33(20-24-10-8-7-9-11-24)29(35)21-34(26-16-12-22(3)13-17-26)39(37,38)27-18-14-25(31)15-19-27/h7-19,23,28H,5-6,20-21H2,1-4H3,(H,32,36)/t23-,28-/m0/s1. The van der Waals surface area contributed by atoms with Gasteiger partial charge in [-0.3, -0.25) is 13.9 Å². The predicted octanol–water partition coefficient (Wildman–Crippen LogP) is 5.05. The van der Waals surface area contributed by atoms with Crippen molar-refractivity contribution in [2.75, 3.05) is 10.8 Å². The number of nitrogens with zero attached hydrogens (tertiary/aromatic N) is 2. The van der Waals surface area contributed by atoms with Crippen LogP contribution in [0.1, 0.15) is 44.7 Å². The van der Waals surface area contributed by atoms with Gasteiger partial charge in [0.05, 0.1) is 10.6 Å². The molecule has 0 bridgehead atoms. The van der Waals surface area contributed by atoms with E-state index in [2.05, 4.69) is 5.32 Å². The van der Waals surface area contributed by atoms with Crippen molar-refractivity contribution in [2.24, 2.45) is 0 Å². The molecule has 39 heavy (non-hydrogen) atoms. The summed E-state index contributed by atoms with van der Waals surface area (Å²) >= 11 is 0. The van der Waals surface area contributed by atoms with Gasteiger partial charge in [-0.1, -0.05) is 61.9 Å². The zero-order valence-electron chi connectivity index (χ0n) is 22.8. The third-order valence-corrected chi connectivity index (χ3v) is 8.37. The number of carbonyl (C=O) groups is 2. The number of anilines is 1. The number of aryl methyl sites for hydroxylation is 1. The highest BCUT2D eigenvalue weighted by molar-refractivity contribution is 7.92. The summed E-state index contributed by atoms with van der Waals surface area (Å²) in [6.07, 6.45) is 1.07. The second-order valence-electron chi connectivity index (χ2n) is 9.55. The summed E-state index contributed by atoms with van der Waals surface area (Å²) in [5, 5.41) is 2.95. The van der Waals surface area contributed by atoms with Gasteiger partial charge >= 0.3 is 0 Å². The predicted molar refractivity (Wildman–Crippen MR) is 151 cm³/mol. The number of hydrogen-bond donors (Lipinski definition) is 1. The fourth-order valence-corrected chi connectivity index (χ4v) is 5.53. The lowest BCUT2D eigenvalue weighted by molar-refractivity contribution is -0.140. The molecule has 3 aromatic rings. The minimum atomic E-state index is -4.24. The number of carbonyl (C=O) groups excluding carboxylic acids is 2. The molecule has 2 amide bonds. The van der Waals surface area contributed by atoms with E-state index in [1.165, 1.54) is 17.0 Å². The Morgan fingerprint density at radius 2 is 1.51 bits per heavy atom. The summed E-state index contributed by atoms with van der Waals surface area (Å²) in [4.78, 5) is 28.5. The number of hydrogen-bond acceptors (Lipinski definition) is 4. The number of amides is 2. The van der Waals surface area contributed by atoms with Crippen LogP contribution >= 0.6 is 0 Å². The molecule has 9 heteroatoms. The molecule has 0 aliphatic carbocycles. The van der Waals surface area contributed by atoms with Gasteiger partial charge in [-0.15, -0.1) is 0 Å². The Labute approximate surface area is 230 Å². The van der Waals surface area contributed by atoms with Crippen molar-refractivity contribution in [2.45, 2.75) is 64.1 Å². The van der Waals surface area contributed by atoms with E-state index in [4.69, 9.17) is 0 Å². The molecule has 0 fully saturated rings. The number of halogens is 1. The first-order chi connectivity index (χ1) is 18.6. The Morgan fingerprint density at radius 1 is 0.897 bits per heavy atom. The van der Waals surface area contributed by atoms with Crippen molar-refractivity contribution in [1.29, 1.82) is 0 Å². The zero-order valence-corrected chi connectivity index (χ0v) is 23.6. The topological polar surface area (TPSA) is 86.8 Å². The number of sulfonamides is 1. The Kier molecular flexibility index (Phi) is 10.2. The molecule has 208 valence electrons. The van der Waals surface area contributed by atoms with E-state index in [9.17, 15) is 22.4 Å². The van der Waals surface area contributed by atoms with Crippen LogP contribution in [0.25, 0.3) is 0 Å². The van der Waals surface area contributed by atoms with Crippen LogP contribution in [-0.2, 0) is 26.2 Å². The normalized spacial score (nSPS) is 12.8. The Morgan fingerprint density at radius 3 is 2.08 bits per heavy atom. The molecular formula is C30H36FN3O4S. The van der Waals surface area contributed by atoms with Gasteiger partial charge in [-0.05, 0) is 68.7 Å². The highest BCUT2D eigenvalue weighted by Crippen LogP contribution is 2.25. The van der Waals surface area contributed by atoms with E-state index in [0.717, 1.165) is 34.0 Å². The summed E-state index contributed by atoms with van der Waals surface area (Å²) < 4.78 is 42.1. The van der Waals surface area contributed by atoms with Gasteiger partial charge in [-0.2, -0.15) is 0 Å². The Hall–Kier alpha value is -3.72. The van der Waals surface area contributed by atoms with Crippen LogP contribution in [0.2, 0.25) is 0 Å². The van der Waals surface area contributed by atoms with Crippen LogP contribution in [0, 0.1) is 12.7 Å². The molecule has 0 aromatic heterocycles. The lowest BCUT2D eigenvalue weighted by Gasteiger charge is -2.33. The summed E-state index contributed by atoms with van der Waals surface area (Å²) in [7, 11) is -4.24.